The summed E-state index contributed by atoms with van der Waals surface area (Å²) in [5.74, 6) is 0. The van der Waals surface area contributed by atoms with E-state index >= 15 is 0 Å². The second-order valence-corrected chi connectivity index (χ2v) is 5.41. The summed E-state index contributed by atoms with van der Waals surface area (Å²) < 4.78 is 1.25. The number of quaternary nitrogens is 1. The van der Waals surface area contributed by atoms with Gasteiger partial charge in [0.2, 0.25) is 0 Å². The minimum absolute atomic E-state index is 0.0938. The van der Waals surface area contributed by atoms with Crippen molar-refractivity contribution in [3.8, 4) is 0 Å². The molecular weight excluding hydrogens is 226 g/mol. The first kappa shape index (κ1) is 17.9. The summed E-state index contributed by atoms with van der Waals surface area (Å²) in [4.78, 5) is 0. The number of unbranched alkanes of at least 4 members (excludes halogenated alkanes) is 4. The fourth-order valence-corrected chi connectivity index (χ4v) is 2.59. The molecule has 0 bridgehead atoms. The van der Waals surface area contributed by atoms with Gasteiger partial charge in [-0.1, -0.05) is 19.3 Å². The summed E-state index contributed by atoms with van der Waals surface area (Å²) in [5.41, 5.74) is 0. The Hall–Kier alpha value is -0.120. The van der Waals surface area contributed by atoms with E-state index in [1.807, 2.05) is 0 Å². The molecule has 0 heterocycles. The Bertz CT molecular complexity index is 173. The van der Waals surface area contributed by atoms with Crippen LogP contribution in [0.5, 0.6) is 0 Å². The predicted octanol–water partition coefficient (Wildman–Crippen LogP) is 2.56. The standard InChI is InChI=1S/C15H34NO2/c1-4-16(5-2,6-3)13-11-9-7-8-10-12-15(18)14-17/h15,17-18H,4-14H2,1-3H3/q+1. The van der Waals surface area contributed by atoms with Crippen LogP contribution in [0.4, 0.5) is 0 Å². The van der Waals surface area contributed by atoms with Crippen molar-refractivity contribution in [2.75, 3.05) is 32.8 Å². The molecule has 0 amide bonds. The molecule has 0 saturated heterocycles. The first-order chi connectivity index (χ1) is 8.64. The average molecular weight is 260 g/mol. The van der Waals surface area contributed by atoms with E-state index in [2.05, 4.69) is 20.8 Å². The molecule has 0 spiro atoms. The third kappa shape index (κ3) is 7.34. The quantitative estimate of drug-likeness (QED) is 0.418. The molecule has 110 valence electrons. The highest BCUT2D eigenvalue weighted by Crippen LogP contribution is 2.12. The molecule has 3 heteroatoms. The van der Waals surface area contributed by atoms with Crippen molar-refractivity contribution in [2.45, 2.75) is 65.4 Å². The molecule has 0 aliphatic carbocycles. The molecule has 0 aliphatic heterocycles. The molecule has 3 nitrogen and oxygen atoms in total. The molecule has 18 heavy (non-hydrogen) atoms. The number of nitrogens with zero attached hydrogens (tertiary/aromatic N) is 1. The zero-order chi connectivity index (χ0) is 13.9. The van der Waals surface area contributed by atoms with Gasteiger partial charge < -0.3 is 14.7 Å². The van der Waals surface area contributed by atoms with Crippen LogP contribution in [0.25, 0.3) is 0 Å². The minimum atomic E-state index is -0.505. The Labute approximate surface area is 113 Å². The molecule has 0 saturated carbocycles. The van der Waals surface area contributed by atoms with Gasteiger partial charge in [0.25, 0.3) is 0 Å². The van der Waals surface area contributed by atoms with Crippen LogP contribution in [-0.2, 0) is 0 Å². The van der Waals surface area contributed by atoms with Gasteiger partial charge in [0.15, 0.2) is 0 Å². The van der Waals surface area contributed by atoms with E-state index in [1.165, 1.54) is 56.3 Å². The van der Waals surface area contributed by atoms with Gasteiger partial charge in [0.1, 0.15) is 0 Å². The molecule has 0 radical (unpaired) electrons. The van der Waals surface area contributed by atoms with Gasteiger partial charge in [-0.2, -0.15) is 0 Å². The lowest BCUT2D eigenvalue weighted by molar-refractivity contribution is -0.923. The molecular formula is C15H34NO2+. The Balaban J connectivity index is 3.49. The van der Waals surface area contributed by atoms with Crippen LogP contribution < -0.4 is 0 Å². The van der Waals surface area contributed by atoms with E-state index in [0.29, 0.717) is 0 Å². The Morgan fingerprint density at radius 1 is 0.833 bits per heavy atom. The highest BCUT2D eigenvalue weighted by atomic mass is 16.3. The molecule has 0 fully saturated rings. The highest BCUT2D eigenvalue weighted by Gasteiger charge is 2.19. The van der Waals surface area contributed by atoms with Crippen molar-refractivity contribution in [1.29, 1.82) is 0 Å². The third-order valence-corrected chi connectivity index (χ3v) is 4.39. The summed E-state index contributed by atoms with van der Waals surface area (Å²) in [6, 6.07) is 0. The predicted molar refractivity (Wildman–Crippen MR) is 77.5 cm³/mol. The van der Waals surface area contributed by atoms with Crippen LogP contribution in [0.3, 0.4) is 0 Å². The maximum atomic E-state index is 9.21. The first-order valence-corrected chi connectivity index (χ1v) is 7.78. The van der Waals surface area contributed by atoms with Crippen molar-refractivity contribution in [1.82, 2.24) is 0 Å². The summed E-state index contributed by atoms with van der Waals surface area (Å²) in [6.07, 6.45) is 6.34. The van der Waals surface area contributed by atoms with E-state index in [0.717, 1.165) is 12.8 Å². The van der Waals surface area contributed by atoms with Crippen LogP contribution in [-0.4, -0.2) is 53.6 Å². The first-order valence-electron chi connectivity index (χ1n) is 7.78. The molecule has 1 atom stereocenters. The summed E-state index contributed by atoms with van der Waals surface area (Å²) in [7, 11) is 0. The van der Waals surface area contributed by atoms with Crippen molar-refractivity contribution in [3.63, 3.8) is 0 Å². The second-order valence-electron chi connectivity index (χ2n) is 5.41. The number of rotatable bonds is 12. The molecule has 0 aromatic carbocycles. The number of hydrogen-bond donors (Lipinski definition) is 2. The summed E-state index contributed by atoms with van der Waals surface area (Å²) in [6.45, 7) is 11.8. The molecule has 2 N–H and O–H groups in total. The minimum Gasteiger partial charge on any atom is -0.394 e. The van der Waals surface area contributed by atoms with Crippen LogP contribution >= 0.6 is 0 Å². The number of aliphatic hydroxyl groups excluding tert-OH is 2. The molecule has 1 unspecified atom stereocenters. The zero-order valence-corrected chi connectivity index (χ0v) is 12.7. The Morgan fingerprint density at radius 2 is 1.33 bits per heavy atom. The topological polar surface area (TPSA) is 40.5 Å². The van der Waals surface area contributed by atoms with Gasteiger partial charge in [-0.3, -0.25) is 0 Å². The Kier molecular flexibility index (Phi) is 10.7. The fraction of sp³-hybridized carbons (Fsp3) is 1.00. The zero-order valence-electron chi connectivity index (χ0n) is 12.7. The smallest absolute Gasteiger partial charge is 0.0786 e. The Morgan fingerprint density at radius 3 is 1.83 bits per heavy atom. The summed E-state index contributed by atoms with van der Waals surface area (Å²) >= 11 is 0. The lowest BCUT2D eigenvalue weighted by Crippen LogP contribution is -2.48. The maximum Gasteiger partial charge on any atom is 0.0786 e. The van der Waals surface area contributed by atoms with E-state index in [-0.39, 0.29) is 6.61 Å². The van der Waals surface area contributed by atoms with Crippen LogP contribution in [0.2, 0.25) is 0 Å². The van der Waals surface area contributed by atoms with Crippen LogP contribution in [0.15, 0.2) is 0 Å². The van der Waals surface area contributed by atoms with Gasteiger partial charge in [0.05, 0.1) is 38.9 Å². The van der Waals surface area contributed by atoms with E-state index in [4.69, 9.17) is 5.11 Å². The van der Waals surface area contributed by atoms with Gasteiger partial charge >= 0.3 is 0 Å². The van der Waals surface area contributed by atoms with E-state index in [1.54, 1.807) is 0 Å². The van der Waals surface area contributed by atoms with Crippen LogP contribution in [0, 0.1) is 0 Å². The number of aliphatic hydroxyl groups is 2. The van der Waals surface area contributed by atoms with Crippen molar-refractivity contribution >= 4 is 0 Å². The van der Waals surface area contributed by atoms with Gasteiger partial charge in [-0.15, -0.1) is 0 Å². The monoisotopic (exact) mass is 260 g/mol. The SMILES string of the molecule is CC[N+](CC)(CC)CCCCCCCC(O)CO. The molecule has 0 aromatic heterocycles. The largest absolute Gasteiger partial charge is 0.394 e. The lowest BCUT2D eigenvalue weighted by atomic mass is 10.1. The van der Waals surface area contributed by atoms with Crippen molar-refractivity contribution in [3.05, 3.63) is 0 Å². The average Bonchev–Trinajstić information content (AvgIpc) is 2.42. The van der Waals surface area contributed by atoms with Crippen molar-refractivity contribution < 1.29 is 14.7 Å². The fourth-order valence-electron chi connectivity index (χ4n) is 2.59. The van der Waals surface area contributed by atoms with Crippen molar-refractivity contribution in [2.24, 2.45) is 0 Å². The van der Waals surface area contributed by atoms with Gasteiger partial charge in [0, 0.05) is 0 Å². The normalized spacial score (nSPS) is 13.8. The highest BCUT2D eigenvalue weighted by molar-refractivity contribution is 4.53. The second kappa shape index (κ2) is 10.8. The maximum absolute atomic E-state index is 9.21. The molecule has 0 aromatic rings. The summed E-state index contributed by atoms with van der Waals surface area (Å²) in [5, 5.41) is 17.9. The van der Waals surface area contributed by atoms with Gasteiger partial charge in [-0.05, 0) is 40.0 Å². The van der Waals surface area contributed by atoms with E-state index < -0.39 is 6.10 Å². The number of hydrogen-bond acceptors (Lipinski definition) is 2. The van der Waals surface area contributed by atoms with Gasteiger partial charge in [-0.25, -0.2) is 0 Å². The molecule has 0 rings (SSSR count). The van der Waals surface area contributed by atoms with E-state index in [9.17, 15) is 5.11 Å². The lowest BCUT2D eigenvalue weighted by Gasteiger charge is -2.35. The van der Waals surface area contributed by atoms with Crippen LogP contribution in [0.1, 0.15) is 59.3 Å². The third-order valence-electron chi connectivity index (χ3n) is 4.39. The molecule has 0 aliphatic rings.